The first kappa shape index (κ1) is 13.5. The molecule has 0 unspecified atom stereocenters. The Morgan fingerprint density at radius 1 is 1.32 bits per heavy atom. The maximum atomic E-state index is 13.2. The summed E-state index contributed by atoms with van der Waals surface area (Å²) in [6.45, 7) is 5.61. The van der Waals surface area contributed by atoms with Gasteiger partial charge in [0.25, 0.3) is 0 Å². The quantitative estimate of drug-likeness (QED) is 0.907. The van der Waals surface area contributed by atoms with E-state index in [1.165, 1.54) is 10.9 Å². The van der Waals surface area contributed by atoms with Crippen LogP contribution in [0.2, 0.25) is 0 Å². The van der Waals surface area contributed by atoms with Crippen molar-refractivity contribution < 1.29 is 13.6 Å². The summed E-state index contributed by atoms with van der Waals surface area (Å²) in [5, 5.41) is 2.79. The van der Waals surface area contributed by atoms with Gasteiger partial charge in [0.05, 0.1) is 17.4 Å². The molecule has 1 N–H and O–H groups in total. The highest BCUT2D eigenvalue weighted by molar-refractivity contribution is 5.81. The van der Waals surface area contributed by atoms with E-state index in [2.05, 4.69) is 10.3 Å². The third-order valence-electron chi connectivity index (χ3n) is 2.49. The number of nitrogens with one attached hydrogen (secondary N) is 1. The van der Waals surface area contributed by atoms with Crippen LogP contribution in [-0.2, 0) is 11.3 Å². The Morgan fingerprint density at radius 3 is 2.58 bits per heavy atom. The lowest BCUT2D eigenvalue weighted by atomic mass is 10.1. The topological polar surface area (TPSA) is 46.9 Å². The number of rotatable bonds is 2. The second-order valence-corrected chi connectivity index (χ2v) is 5.43. The fraction of sp³-hybridized carbons (Fsp3) is 0.385. The van der Waals surface area contributed by atoms with Gasteiger partial charge >= 0.3 is 0 Å². The van der Waals surface area contributed by atoms with Crippen LogP contribution in [0.1, 0.15) is 20.8 Å². The normalized spacial score (nSPS) is 11.8. The summed E-state index contributed by atoms with van der Waals surface area (Å²) in [5.41, 5.74) is 0.371. The average Bonchev–Trinajstić information content (AvgIpc) is 2.59. The van der Waals surface area contributed by atoms with Gasteiger partial charge in [0.15, 0.2) is 11.6 Å². The number of aromatic nitrogens is 2. The van der Waals surface area contributed by atoms with Crippen molar-refractivity contribution >= 4 is 16.9 Å². The summed E-state index contributed by atoms with van der Waals surface area (Å²) in [4.78, 5) is 15.7. The van der Waals surface area contributed by atoms with E-state index in [-0.39, 0.29) is 18.0 Å². The van der Waals surface area contributed by atoms with Gasteiger partial charge in [-0.25, -0.2) is 13.8 Å². The second-order valence-electron chi connectivity index (χ2n) is 5.43. The molecule has 19 heavy (non-hydrogen) atoms. The lowest BCUT2D eigenvalue weighted by molar-refractivity contribution is -0.123. The largest absolute Gasteiger partial charge is 0.350 e. The number of halogens is 2. The van der Waals surface area contributed by atoms with Crippen LogP contribution in [0.5, 0.6) is 0 Å². The van der Waals surface area contributed by atoms with Gasteiger partial charge in [0.1, 0.15) is 6.54 Å². The Kier molecular flexibility index (Phi) is 3.26. The Labute approximate surface area is 109 Å². The van der Waals surface area contributed by atoms with Crippen LogP contribution in [-0.4, -0.2) is 21.0 Å². The van der Waals surface area contributed by atoms with Crippen molar-refractivity contribution in [2.24, 2.45) is 0 Å². The fourth-order valence-corrected chi connectivity index (χ4v) is 1.79. The minimum absolute atomic E-state index is 0.0127. The van der Waals surface area contributed by atoms with Crippen molar-refractivity contribution in [1.82, 2.24) is 14.9 Å². The highest BCUT2D eigenvalue weighted by Gasteiger charge is 2.15. The molecule has 1 amide bonds. The second kappa shape index (κ2) is 4.60. The molecule has 102 valence electrons. The van der Waals surface area contributed by atoms with Crippen molar-refractivity contribution in [1.29, 1.82) is 0 Å². The molecule has 0 spiro atoms. The number of carbonyl (C=O) groups excluding carboxylic acids is 1. The standard InChI is InChI=1S/C13H15F2N3O/c1-13(2,3)17-12(19)6-18-7-16-10-4-8(14)9(15)5-11(10)18/h4-5,7H,6H2,1-3H3,(H,17,19). The van der Waals surface area contributed by atoms with Crippen molar-refractivity contribution in [2.75, 3.05) is 0 Å². The molecule has 1 aromatic carbocycles. The average molecular weight is 267 g/mol. The number of fused-ring (bicyclic) bond motifs is 1. The summed E-state index contributed by atoms with van der Waals surface area (Å²) in [6, 6.07) is 2.06. The maximum Gasteiger partial charge on any atom is 0.240 e. The van der Waals surface area contributed by atoms with Gasteiger partial charge < -0.3 is 9.88 Å². The lowest BCUT2D eigenvalue weighted by Gasteiger charge is -2.20. The molecule has 1 aromatic heterocycles. The highest BCUT2D eigenvalue weighted by atomic mass is 19.2. The van der Waals surface area contributed by atoms with E-state index < -0.39 is 11.6 Å². The summed E-state index contributed by atoms with van der Waals surface area (Å²) >= 11 is 0. The molecule has 0 fully saturated rings. The monoisotopic (exact) mass is 267 g/mol. The predicted molar refractivity (Wildman–Crippen MR) is 67.5 cm³/mol. The molecule has 4 nitrogen and oxygen atoms in total. The molecule has 2 aromatic rings. The van der Waals surface area contributed by atoms with Gasteiger partial charge in [0.2, 0.25) is 5.91 Å². The zero-order valence-corrected chi connectivity index (χ0v) is 11.0. The minimum Gasteiger partial charge on any atom is -0.350 e. The van der Waals surface area contributed by atoms with Gasteiger partial charge in [-0.1, -0.05) is 0 Å². The summed E-state index contributed by atoms with van der Waals surface area (Å²) in [7, 11) is 0. The van der Waals surface area contributed by atoms with Crippen LogP contribution in [0.25, 0.3) is 11.0 Å². The van der Waals surface area contributed by atoms with Gasteiger partial charge in [0, 0.05) is 17.7 Å². The van der Waals surface area contributed by atoms with E-state index in [1.54, 1.807) is 0 Å². The van der Waals surface area contributed by atoms with Crippen molar-refractivity contribution in [3.63, 3.8) is 0 Å². The van der Waals surface area contributed by atoms with Crippen LogP contribution in [0.4, 0.5) is 8.78 Å². The van der Waals surface area contributed by atoms with Crippen molar-refractivity contribution in [3.8, 4) is 0 Å². The molecule has 0 saturated heterocycles. The number of hydrogen-bond donors (Lipinski definition) is 1. The number of nitrogens with zero attached hydrogens (tertiary/aromatic N) is 2. The van der Waals surface area contributed by atoms with Crippen LogP contribution in [0, 0.1) is 11.6 Å². The molecular formula is C13H15F2N3O. The Hall–Kier alpha value is -1.98. The third-order valence-corrected chi connectivity index (χ3v) is 2.49. The Bertz CT molecular complexity index is 629. The zero-order chi connectivity index (χ0) is 14.2. The molecule has 0 aliphatic heterocycles. The fourth-order valence-electron chi connectivity index (χ4n) is 1.79. The molecule has 0 bridgehead atoms. The number of benzene rings is 1. The molecule has 0 aliphatic carbocycles. The first-order valence-corrected chi connectivity index (χ1v) is 5.87. The SMILES string of the molecule is CC(C)(C)NC(=O)Cn1cnc2cc(F)c(F)cc21. The smallest absolute Gasteiger partial charge is 0.240 e. The minimum atomic E-state index is -0.953. The first-order valence-electron chi connectivity index (χ1n) is 5.87. The van der Waals surface area contributed by atoms with Gasteiger partial charge in [-0.05, 0) is 20.8 Å². The first-order chi connectivity index (χ1) is 8.76. The van der Waals surface area contributed by atoms with Gasteiger partial charge in [-0.3, -0.25) is 4.79 Å². The zero-order valence-electron chi connectivity index (χ0n) is 11.0. The number of amides is 1. The van der Waals surface area contributed by atoms with Gasteiger partial charge in [-0.15, -0.1) is 0 Å². The van der Waals surface area contributed by atoms with Crippen LogP contribution in [0.3, 0.4) is 0 Å². The van der Waals surface area contributed by atoms with Crippen molar-refractivity contribution in [2.45, 2.75) is 32.9 Å². The van der Waals surface area contributed by atoms with Crippen molar-refractivity contribution in [3.05, 3.63) is 30.1 Å². The van der Waals surface area contributed by atoms with E-state index in [9.17, 15) is 13.6 Å². The van der Waals surface area contributed by atoms with E-state index in [0.717, 1.165) is 12.1 Å². The summed E-state index contributed by atoms with van der Waals surface area (Å²) in [6.07, 6.45) is 1.39. The van der Waals surface area contributed by atoms with Gasteiger partial charge in [-0.2, -0.15) is 0 Å². The van der Waals surface area contributed by atoms with E-state index in [0.29, 0.717) is 11.0 Å². The van der Waals surface area contributed by atoms with E-state index in [1.807, 2.05) is 20.8 Å². The number of carbonyl (C=O) groups is 1. The molecule has 0 saturated carbocycles. The van der Waals surface area contributed by atoms with Crippen LogP contribution >= 0.6 is 0 Å². The third kappa shape index (κ3) is 3.07. The molecule has 2 rings (SSSR count). The van der Waals surface area contributed by atoms with Crippen LogP contribution < -0.4 is 5.32 Å². The lowest BCUT2D eigenvalue weighted by Crippen LogP contribution is -2.42. The maximum absolute atomic E-state index is 13.2. The molecule has 0 atom stereocenters. The van der Waals surface area contributed by atoms with Crippen LogP contribution in [0.15, 0.2) is 18.5 Å². The molecule has 1 heterocycles. The van der Waals surface area contributed by atoms with E-state index in [4.69, 9.17) is 0 Å². The Balaban J connectivity index is 2.27. The number of hydrogen-bond acceptors (Lipinski definition) is 2. The highest BCUT2D eigenvalue weighted by Crippen LogP contribution is 2.17. The molecular weight excluding hydrogens is 252 g/mol. The predicted octanol–water partition coefficient (Wildman–Crippen LogP) is 2.23. The molecule has 6 heteroatoms. The van der Waals surface area contributed by atoms with E-state index >= 15 is 0 Å². The summed E-state index contributed by atoms with van der Waals surface area (Å²) in [5.74, 6) is -2.11. The molecule has 0 radical (unpaired) electrons. The Morgan fingerprint density at radius 2 is 1.95 bits per heavy atom. The summed E-state index contributed by atoms with van der Waals surface area (Å²) < 4.78 is 27.7. The molecule has 0 aliphatic rings. The number of imidazole rings is 1.